The summed E-state index contributed by atoms with van der Waals surface area (Å²) in [6.07, 6.45) is 3.30. The Labute approximate surface area is 215 Å². The van der Waals surface area contributed by atoms with Crippen LogP contribution in [0.3, 0.4) is 0 Å². The molecule has 3 atom stereocenters. The Morgan fingerprint density at radius 2 is 1.89 bits per heavy atom. The number of carbonyl (C=O) groups is 3. The lowest BCUT2D eigenvalue weighted by Gasteiger charge is -2.46. The number of aromatic hydroxyl groups is 1. The van der Waals surface area contributed by atoms with Gasteiger partial charge in [0.15, 0.2) is 11.4 Å². The van der Waals surface area contributed by atoms with Crippen LogP contribution in [0.25, 0.3) is 5.76 Å². The molecule has 1 aromatic rings. The number of aliphatic hydroxyl groups excluding tert-OH is 2. The molecule has 0 heterocycles. The predicted octanol–water partition coefficient (Wildman–Crippen LogP) is 1.77. The number of Topliss-reactive ketones (excluding diaryl/α,β-unsaturated/α-hetero) is 2. The quantitative estimate of drug-likeness (QED) is 0.224. The smallest absolute Gasteiger partial charge is 0.255 e. The van der Waals surface area contributed by atoms with Gasteiger partial charge in [0.05, 0.1) is 5.56 Å². The fourth-order valence-electron chi connectivity index (χ4n) is 6.16. The van der Waals surface area contributed by atoms with E-state index in [9.17, 15) is 34.8 Å². The first-order valence-corrected chi connectivity index (χ1v) is 12.7. The summed E-state index contributed by atoms with van der Waals surface area (Å²) >= 11 is 0. The third-order valence-electron chi connectivity index (χ3n) is 7.83. The molecule has 0 radical (unpaired) electrons. The average Bonchev–Trinajstić information content (AvgIpc) is 2.80. The number of hydrogen-bond acceptors (Lipinski definition) is 9. The second-order valence-corrected chi connectivity index (χ2v) is 10.4. The van der Waals surface area contributed by atoms with Crippen molar-refractivity contribution < 1.29 is 34.8 Å². The molecule has 0 aliphatic heterocycles. The van der Waals surface area contributed by atoms with Gasteiger partial charge in [0.25, 0.3) is 5.91 Å². The van der Waals surface area contributed by atoms with E-state index in [0.717, 1.165) is 37.1 Å². The number of primary amides is 1. The molecule has 1 unspecified atom stereocenters. The van der Waals surface area contributed by atoms with Crippen molar-refractivity contribution in [2.24, 2.45) is 17.6 Å². The first kappa shape index (κ1) is 26.7. The van der Waals surface area contributed by atoms with Gasteiger partial charge in [0.1, 0.15) is 22.8 Å². The van der Waals surface area contributed by atoms with Crippen LogP contribution in [0, 0.1) is 11.8 Å². The van der Waals surface area contributed by atoms with Gasteiger partial charge in [0.2, 0.25) is 5.78 Å². The maximum atomic E-state index is 13.6. The normalized spacial score (nSPS) is 25.1. The summed E-state index contributed by atoms with van der Waals surface area (Å²) in [6, 6.07) is 1.56. The molecular weight excluding hydrogens is 478 g/mol. The molecule has 4 rings (SSSR count). The zero-order valence-electron chi connectivity index (χ0n) is 21.4. The highest BCUT2D eigenvalue weighted by atomic mass is 16.3. The summed E-state index contributed by atoms with van der Waals surface area (Å²) in [5, 5.41) is 47.7. The van der Waals surface area contributed by atoms with Gasteiger partial charge in [-0.05, 0) is 48.9 Å². The minimum Gasteiger partial charge on any atom is -0.508 e. The number of nitrogens with zero attached hydrogens (tertiary/aromatic N) is 1. The number of ketones is 2. The monoisotopic (exact) mass is 513 g/mol. The Balaban J connectivity index is 1.81. The standard InChI is InChI=1S/C27H35N3O7/c1-4-5-6-7-29-12-14-10-17(31)20-16(22(14)30(2)3)9-13-8-15-11-18(32)21(26(28)36)25(35)27(15,37)24(34)19(13)23(20)33/h10,13,15,29,31,33,35,37H,4-9,11-12H2,1-3H3,(H2,28,36)/t13?,15-,27-/m0/s1. The van der Waals surface area contributed by atoms with Crippen molar-refractivity contribution in [2.45, 2.75) is 57.6 Å². The number of amides is 1. The minimum absolute atomic E-state index is 0.102. The molecule has 10 heteroatoms. The fraction of sp³-hybridized carbons (Fsp3) is 0.519. The predicted molar refractivity (Wildman–Crippen MR) is 137 cm³/mol. The van der Waals surface area contributed by atoms with Crippen LogP contribution in [0.5, 0.6) is 5.75 Å². The number of fused-ring (bicyclic) bond motifs is 3. The van der Waals surface area contributed by atoms with Gasteiger partial charge in [-0.25, -0.2) is 0 Å². The molecule has 1 saturated carbocycles. The van der Waals surface area contributed by atoms with E-state index in [1.807, 2.05) is 19.0 Å². The second kappa shape index (κ2) is 9.83. The van der Waals surface area contributed by atoms with Gasteiger partial charge >= 0.3 is 0 Å². The average molecular weight is 514 g/mol. The van der Waals surface area contributed by atoms with Crippen LogP contribution < -0.4 is 16.0 Å². The lowest BCUT2D eigenvalue weighted by molar-refractivity contribution is -0.147. The first-order valence-electron chi connectivity index (χ1n) is 12.7. The summed E-state index contributed by atoms with van der Waals surface area (Å²) < 4.78 is 0. The van der Waals surface area contributed by atoms with Gasteiger partial charge in [-0.15, -0.1) is 0 Å². The summed E-state index contributed by atoms with van der Waals surface area (Å²) in [5.41, 5.74) is 4.16. The molecule has 1 amide bonds. The first-order chi connectivity index (χ1) is 17.4. The lowest BCUT2D eigenvalue weighted by atomic mass is 9.59. The van der Waals surface area contributed by atoms with Crippen LogP contribution in [0.15, 0.2) is 23.0 Å². The molecule has 0 aromatic heterocycles. The highest BCUT2D eigenvalue weighted by molar-refractivity contribution is 6.22. The van der Waals surface area contributed by atoms with Gasteiger partial charge in [-0.1, -0.05) is 19.8 Å². The Morgan fingerprint density at radius 1 is 1.19 bits per heavy atom. The highest BCUT2D eigenvalue weighted by Gasteiger charge is 2.60. The van der Waals surface area contributed by atoms with Gasteiger partial charge < -0.3 is 36.4 Å². The summed E-state index contributed by atoms with van der Waals surface area (Å²) in [5.74, 6) is -6.26. The zero-order chi connectivity index (χ0) is 27.2. The molecule has 1 fully saturated rings. The second-order valence-electron chi connectivity index (χ2n) is 10.4. The molecule has 0 bridgehead atoms. The Bertz CT molecular complexity index is 1230. The van der Waals surface area contributed by atoms with Crippen LogP contribution in [0.2, 0.25) is 0 Å². The van der Waals surface area contributed by atoms with E-state index in [1.165, 1.54) is 0 Å². The minimum atomic E-state index is -2.56. The molecule has 0 saturated heterocycles. The van der Waals surface area contributed by atoms with Crippen molar-refractivity contribution in [1.29, 1.82) is 0 Å². The molecule has 3 aliphatic carbocycles. The van der Waals surface area contributed by atoms with Crippen molar-refractivity contribution in [3.8, 4) is 5.75 Å². The van der Waals surface area contributed by atoms with E-state index in [2.05, 4.69) is 12.2 Å². The van der Waals surface area contributed by atoms with Crippen LogP contribution >= 0.6 is 0 Å². The maximum Gasteiger partial charge on any atom is 0.255 e. The van der Waals surface area contributed by atoms with Crippen LogP contribution in [-0.2, 0) is 27.3 Å². The van der Waals surface area contributed by atoms with Gasteiger partial charge in [-0.2, -0.15) is 0 Å². The van der Waals surface area contributed by atoms with Crippen molar-refractivity contribution in [3.05, 3.63) is 39.7 Å². The molecule has 37 heavy (non-hydrogen) atoms. The third-order valence-corrected chi connectivity index (χ3v) is 7.83. The number of hydrogen-bond donors (Lipinski definition) is 6. The van der Waals surface area contributed by atoms with Gasteiger partial charge in [0, 0.05) is 44.2 Å². The topological polar surface area (TPSA) is 173 Å². The number of unbranched alkanes of at least 4 members (excludes halogenated alkanes) is 2. The zero-order valence-corrected chi connectivity index (χ0v) is 21.4. The molecular formula is C27H35N3O7. The van der Waals surface area contributed by atoms with Gasteiger partial charge in [-0.3, -0.25) is 14.4 Å². The third kappa shape index (κ3) is 4.18. The molecule has 200 valence electrons. The van der Waals surface area contributed by atoms with Crippen LogP contribution in [-0.4, -0.2) is 64.1 Å². The SMILES string of the molecule is CCCCCNCc1cc(O)c2c(c1N(C)C)CC1C[C@H]3CC(=O)C(C(N)=O)=C(O)[C@@]3(O)C(=O)C1=C2O. The summed E-state index contributed by atoms with van der Waals surface area (Å²) in [7, 11) is 3.73. The Hall–Kier alpha value is -3.37. The largest absolute Gasteiger partial charge is 0.508 e. The molecule has 10 nitrogen and oxygen atoms in total. The number of benzene rings is 1. The Kier molecular flexibility index (Phi) is 7.09. The Morgan fingerprint density at radius 3 is 2.51 bits per heavy atom. The number of rotatable bonds is 8. The van der Waals surface area contributed by atoms with Crippen LogP contribution in [0.1, 0.15) is 55.7 Å². The number of nitrogens with two attached hydrogens (primary N) is 1. The van der Waals surface area contributed by atoms with Crippen molar-refractivity contribution in [3.63, 3.8) is 0 Å². The van der Waals surface area contributed by atoms with E-state index in [-0.39, 0.29) is 36.1 Å². The lowest BCUT2D eigenvalue weighted by Crippen LogP contribution is -2.58. The van der Waals surface area contributed by atoms with Crippen molar-refractivity contribution in [1.82, 2.24) is 5.32 Å². The maximum absolute atomic E-state index is 13.6. The molecule has 7 N–H and O–H groups in total. The van der Waals surface area contributed by atoms with Crippen molar-refractivity contribution in [2.75, 3.05) is 25.5 Å². The van der Waals surface area contributed by atoms with E-state index in [1.54, 1.807) is 6.07 Å². The highest BCUT2D eigenvalue weighted by Crippen LogP contribution is 2.53. The van der Waals surface area contributed by atoms with E-state index in [4.69, 9.17) is 5.73 Å². The number of anilines is 1. The van der Waals surface area contributed by atoms with Crippen LogP contribution in [0.4, 0.5) is 5.69 Å². The van der Waals surface area contributed by atoms with Crippen molar-refractivity contribution >= 4 is 28.9 Å². The summed E-state index contributed by atoms with van der Waals surface area (Å²) in [4.78, 5) is 39.8. The number of phenols is 1. The molecule has 3 aliphatic rings. The molecule has 1 aromatic carbocycles. The van der Waals surface area contributed by atoms with E-state index >= 15 is 0 Å². The number of aliphatic hydroxyl groups is 3. The fourth-order valence-corrected chi connectivity index (χ4v) is 6.16. The van der Waals surface area contributed by atoms with E-state index in [0.29, 0.717) is 12.1 Å². The molecule has 0 spiro atoms. The number of phenolic OH excluding ortho intramolecular Hbond substituents is 1. The number of carbonyl (C=O) groups excluding carboxylic acids is 3. The number of nitrogens with one attached hydrogen (secondary N) is 1. The summed E-state index contributed by atoms with van der Waals surface area (Å²) in [6.45, 7) is 3.46. The van der Waals surface area contributed by atoms with E-state index < -0.39 is 52.0 Å².